The summed E-state index contributed by atoms with van der Waals surface area (Å²) in [6.07, 6.45) is 6.87. The van der Waals surface area contributed by atoms with Crippen LogP contribution in [-0.4, -0.2) is 14.8 Å². The van der Waals surface area contributed by atoms with E-state index in [0.717, 1.165) is 22.2 Å². The van der Waals surface area contributed by atoms with E-state index in [4.69, 9.17) is 9.15 Å². The Bertz CT molecular complexity index is 1360. The lowest BCUT2D eigenvalue weighted by Crippen LogP contribution is -2.34. The summed E-state index contributed by atoms with van der Waals surface area (Å²) in [6.45, 7) is 4.34. The lowest BCUT2D eigenvalue weighted by molar-refractivity contribution is 0.303. The first-order chi connectivity index (χ1) is 17.0. The molecule has 2 aliphatic rings. The fourth-order valence-corrected chi connectivity index (χ4v) is 6.69. The first-order valence-corrected chi connectivity index (χ1v) is 13.2. The molecule has 0 N–H and O–H groups in total. The van der Waals surface area contributed by atoms with E-state index in [9.17, 15) is 4.79 Å². The van der Waals surface area contributed by atoms with E-state index in [-0.39, 0.29) is 11.5 Å². The van der Waals surface area contributed by atoms with Gasteiger partial charge in [0.15, 0.2) is 0 Å². The van der Waals surface area contributed by atoms with E-state index in [1.54, 1.807) is 17.5 Å². The molecule has 2 heterocycles. The molecule has 0 amide bonds. The largest absolute Gasteiger partial charge is 0.486 e. The lowest BCUT2D eigenvalue weighted by atomic mass is 9.64. The smallest absolute Gasteiger partial charge is 0.437 e. The minimum atomic E-state index is -0.416. The van der Waals surface area contributed by atoms with Gasteiger partial charge in [0.2, 0.25) is 5.89 Å². The highest BCUT2D eigenvalue weighted by molar-refractivity contribution is 7.09. The lowest BCUT2D eigenvalue weighted by Gasteiger charge is -2.39. The van der Waals surface area contributed by atoms with E-state index in [1.165, 1.54) is 41.5 Å². The summed E-state index contributed by atoms with van der Waals surface area (Å²) >= 11 is 1.61. The van der Waals surface area contributed by atoms with Crippen molar-refractivity contribution in [1.29, 1.82) is 0 Å². The van der Waals surface area contributed by atoms with Gasteiger partial charge in [-0.3, -0.25) is 0 Å². The van der Waals surface area contributed by atoms with Crippen LogP contribution in [0, 0.1) is 11.8 Å². The van der Waals surface area contributed by atoms with Gasteiger partial charge in [0.05, 0.1) is 6.04 Å². The summed E-state index contributed by atoms with van der Waals surface area (Å²) in [4.78, 5) is 16.4. The second kappa shape index (κ2) is 8.79. The Hall–Kier alpha value is -3.19. The van der Waals surface area contributed by atoms with Crippen LogP contribution in [0.5, 0.6) is 5.75 Å². The average Bonchev–Trinajstić information content (AvgIpc) is 3.68. The molecule has 0 saturated heterocycles. The van der Waals surface area contributed by atoms with Crippen LogP contribution in [0.15, 0.2) is 69.3 Å². The van der Waals surface area contributed by atoms with Crippen LogP contribution in [0.1, 0.15) is 61.7 Å². The van der Waals surface area contributed by atoms with Gasteiger partial charge in [-0.15, -0.1) is 16.4 Å². The zero-order chi connectivity index (χ0) is 24.0. The zero-order valence-corrected chi connectivity index (χ0v) is 20.8. The molecule has 3 atom stereocenters. The van der Waals surface area contributed by atoms with Crippen LogP contribution in [0.3, 0.4) is 0 Å². The minimum Gasteiger partial charge on any atom is -0.486 e. The molecule has 4 aromatic rings. The molecule has 35 heavy (non-hydrogen) atoms. The van der Waals surface area contributed by atoms with Crippen molar-refractivity contribution in [1.82, 2.24) is 14.8 Å². The highest BCUT2D eigenvalue weighted by Gasteiger charge is 2.52. The average molecular weight is 488 g/mol. The third-order valence-electron chi connectivity index (χ3n) is 7.77. The molecule has 2 saturated carbocycles. The molecular formula is C28H29N3O3S. The minimum absolute atomic E-state index is 0.00736. The molecule has 0 radical (unpaired) electrons. The molecule has 6 rings (SSSR count). The van der Waals surface area contributed by atoms with Crippen LogP contribution in [-0.2, 0) is 12.0 Å². The highest BCUT2D eigenvalue weighted by Crippen LogP contribution is 2.60. The Kier molecular flexibility index (Phi) is 5.60. The Morgan fingerprint density at radius 1 is 1.11 bits per heavy atom. The fourth-order valence-electron chi connectivity index (χ4n) is 6.16. The topological polar surface area (TPSA) is 70.2 Å². The molecule has 0 aliphatic heterocycles. The molecule has 7 heteroatoms. The van der Waals surface area contributed by atoms with Gasteiger partial charge in [0, 0.05) is 22.6 Å². The van der Waals surface area contributed by atoms with Gasteiger partial charge < -0.3 is 9.15 Å². The summed E-state index contributed by atoms with van der Waals surface area (Å²) < 4.78 is 12.8. The Morgan fingerprint density at radius 2 is 1.86 bits per heavy atom. The first kappa shape index (κ1) is 22.3. The second-order valence-corrected chi connectivity index (χ2v) is 11.1. The molecule has 0 spiro atoms. The Morgan fingerprint density at radius 3 is 2.43 bits per heavy atom. The fraction of sp³-hybridized carbons (Fsp3) is 0.393. The number of benzene rings is 2. The molecule has 2 aromatic heterocycles. The van der Waals surface area contributed by atoms with Crippen LogP contribution in [0.25, 0.3) is 11.5 Å². The number of nitrogens with zero attached hydrogens (tertiary/aromatic N) is 3. The standard InChI is InChI=1S/C28H29N3O3S/c1-18(2)31-27(32)34-26(30-31)20-4-7-21(8-5-20)28(16-19-3-6-23(28)15-19)22-9-11-24(12-10-22)33-17-25-29-13-14-35-25/h4-5,7-14,18-19,23H,3,6,15-17H2,1-2H3/t19?,23-,28-/m1/s1. The Balaban J connectivity index is 1.30. The predicted molar refractivity (Wildman–Crippen MR) is 136 cm³/mol. The van der Waals surface area contributed by atoms with Crippen LogP contribution < -0.4 is 10.5 Å². The van der Waals surface area contributed by atoms with E-state index in [0.29, 0.717) is 18.4 Å². The number of rotatable bonds is 7. The zero-order valence-electron chi connectivity index (χ0n) is 20.0. The number of aromatic nitrogens is 3. The quantitative estimate of drug-likeness (QED) is 0.309. The normalized spacial score (nSPS) is 23.3. The summed E-state index contributed by atoms with van der Waals surface area (Å²) in [6, 6.07) is 17.1. The molecule has 6 nitrogen and oxygen atoms in total. The summed E-state index contributed by atoms with van der Waals surface area (Å²) in [5.74, 6) is 2.24. The van der Waals surface area contributed by atoms with Crippen molar-refractivity contribution in [2.45, 2.75) is 57.6 Å². The van der Waals surface area contributed by atoms with Crippen molar-refractivity contribution in [2.75, 3.05) is 0 Å². The van der Waals surface area contributed by atoms with Crippen molar-refractivity contribution in [3.05, 3.63) is 86.8 Å². The number of hydrogen-bond donors (Lipinski definition) is 0. The highest BCUT2D eigenvalue weighted by atomic mass is 32.1. The summed E-state index contributed by atoms with van der Waals surface area (Å²) in [5, 5.41) is 7.33. The van der Waals surface area contributed by atoms with Gasteiger partial charge in [0.1, 0.15) is 17.4 Å². The summed E-state index contributed by atoms with van der Waals surface area (Å²) in [7, 11) is 0. The summed E-state index contributed by atoms with van der Waals surface area (Å²) in [5.41, 5.74) is 3.52. The number of fused-ring (bicyclic) bond motifs is 2. The third-order valence-corrected chi connectivity index (χ3v) is 8.52. The van der Waals surface area contributed by atoms with E-state index >= 15 is 0 Å². The van der Waals surface area contributed by atoms with E-state index in [2.05, 4.69) is 46.5 Å². The van der Waals surface area contributed by atoms with Crippen LogP contribution in [0.2, 0.25) is 0 Å². The number of thiazole rings is 1. The maximum Gasteiger partial charge on any atom is 0.437 e. The molecule has 2 bridgehead atoms. The molecular weight excluding hydrogens is 458 g/mol. The van der Waals surface area contributed by atoms with Crippen LogP contribution >= 0.6 is 11.3 Å². The van der Waals surface area contributed by atoms with E-state index in [1.807, 2.05) is 31.4 Å². The van der Waals surface area contributed by atoms with Crippen molar-refractivity contribution in [2.24, 2.45) is 11.8 Å². The van der Waals surface area contributed by atoms with Crippen molar-refractivity contribution >= 4 is 11.3 Å². The molecule has 180 valence electrons. The SMILES string of the molecule is CC(C)n1nc(-c2ccc([C@@]3(c4ccc(OCc5nccs5)cc4)CC4CC[C@@H]3C4)cc2)oc1=O. The van der Waals surface area contributed by atoms with Crippen molar-refractivity contribution in [3.63, 3.8) is 0 Å². The first-order valence-electron chi connectivity index (χ1n) is 12.4. The molecule has 2 fully saturated rings. The second-order valence-electron chi connectivity index (χ2n) is 10.1. The van der Waals surface area contributed by atoms with Gasteiger partial charge in [-0.05, 0) is 80.3 Å². The Labute approximate surface area is 208 Å². The van der Waals surface area contributed by atoms with Crippen molar-refractivity contribution < 1.29 is 9.15 Å². The molecule has 1 unspecified atom stereocenters. The number of hydrogen-bond acceptors (Lipinski definition) is 6. The van der Waals surface area contributed by atoms with Gasteiger partial charge in [-0.2, -0.15) is 4.68 Å². The monoisotopic (exact) mass is 487 g/mol. The van der Waals surface area contributed by atoms with Crippen molar-refractivity contribution in [3.8, 4) is 17.2 Å². The van der Waals surface area contributed by atoms with Crippen LogP contribution in [0.4, 0.5) is 0 Å². The van der Waals surface area contributed by atoms with Gasteiger partial charge in [-0.25, -0.2) is 9.78 Å². The number of ether oxygens (including phenoxy) is 1. The van der Waals surface area contributed by atoms with Gasteiger partial charge in [0.25, 0.3) is 0 Å². The predicted octanol–water partition coefficient (Wildman–Crippen LogP) is 6.23. The third kappa shape index (κ3) is 3.92. The van der Waals surface area contributed by atoms with E-state index < -0.39 is 5.76 Å². The maximum atomic E-state index is 12.1. The molecule has 2 aliphatic carbocycles. The van der Waals surface area contributed by atoms with Gasteiger partial charge >= 0.3 is 5.76 Å². The maximum absolute atomic E-state index is 12.1. The van der Waals surface area contributed by atoms with Gasteiger partial charge in [-0.1, -0.05) is 30.7 Å². The molecule has 2 aromatic carbocycles.